The van der Waals surface area contributed by atoms with Crippen LogP contribution in [0.3, 0.4) is 0 Å². The number of rotatable bonds is 6. The summed E-state index contributed by atoms with van der Waals surface area (Å²) in [6, 6.07) is 8.70. The van der Waals surface area contributed by atoms with Crippen molar-refractivity contribution < 1.29 is 4.52 Å². The van der Waals surface area contributed by atoms with Gasteiger partial charge in [0.2, 0.25) is 5.89 Å². The molecule has 0 radical (unpaired) electrons. The van der Waals surface area contributed by atoms with Crippen LogP contribution in [0.15, 0.2) is 41.2 Å². The number of hydrogen-bond acceptors (Lipinski definition) is 5. The van der Waals surface area contributed by atoms with E-state index in [0.717, 1.165) is 11.5 Å². The van der Waals surface area contributed by atoms with Crippen molar-refractivity contribution >= 4 is 0 Å². The maximum atomic E-state index is 5.37. The van der Waals surface area contributed by atoms with Crippen molar-refractivity contribution in [2.45, 2.75) is 46.7 Å². The first kappa shape index (κ1) is 17.4. The molecule has 0 aliphatic carbocycles. The van der Waals surface area contributed by atoms with Gasteiger partial charge in [-0.1, -0.05) is 31.1 Å². The minimum absolute atomic E-state index is 0.0202. The number of nitrogens with zero attached hydrogens (tertiary/aromatic N) is 4. The topological polar surface area (TPSA) is 68.8 Å². The molecule has 0 aliphatic heterocycles. The maximum absolute atomic E-state index is 5.37. The molecule has 0 fully saturated rings. The summed E-state index contributed by atoms with van der Waals surface area (Å²) in [4.78, 5) is 8.66. The predicted molar refractivity (Wildman–Crippen MR) is 96.5 cm³/mol. The van der Waals surface area contributed by atoms with Gasteiger partial charge in [-0.3, -0.25) is 5.32 Å². The van der Waals surface area contributed by atoms with E-state index in [4.69, 9.17) is 4.52 Å². The van der Waals surface area contributed by atoms with Crippen molar-refractivity contribution in [1.82, 2.24) is 25.0 Å². The average Bonchev–Trinajstić information content (AvgIpc) is 3.20. The van der Waals surface area contributed by atoms with Crippen LogP contribution in [0.4, 0.5) is 0 Å². The van der Waals surface area contributed by atoms with E-state index in [0.29, 0.717) is 17.6 Å². The van der Waals surface area contributed by atoms with Gasteiger partial charge < -0.3 is 9.09 Å². The summed E-state index contributed by atoms with van der Waals surface area (Å²) in [6.07, 6.45) is 3.78. The summed E-state index contributed by atoms with van der Waals surface area (Å²) in [6.45, 7) is 10.3. The molecule has 0 amide bonds. The minimum Gasteiger partial charge on any atom is -0.338 e. The Kier molecular flexibility index (Phi) is 4.99. The second-order valence-corrected chi connectivity index (χ2v) is 6.73. The first-order valence-electron chi connectivity index (χ1n) is 8.62. The van der Waals surface area contributed by atoms with Crippen molar-refractivity contribution in [3.05, 3.63) is 59.8 Å². The summed E-state index contributed by atoms with van der Waals surface area (Å²) in [5.41, 5.74) is 2.32. The summed E-state index contributed by atoms with van der Waals surface area (Å²) in [5.74, 6) is 2.63. The zero-order valence-corrected chi connectivity index (χ0v) is 15.4. The predicted octanol–water partition coefficient (Wildman–Crippen LogP) is 3.92. The Labute approximate surface area is 148 Å². The summed E-state index contributed by atoms with van der Waals surface area (Å²) in [5, 5.41) is 7.53. The van der Waals surface area contributed by atoms with Gasteiger partial charge in [-0.05, 0) is 44.4 Å². The van der Waals surface area contributed by atoms with Gasteiger partial charge in [-0.25, -0.2) is 4.98 Å². The molecule has 1 aromatic carbocycles. The molecule has 0 aliphatic rings. The second-order valence-electron chi connectivity index (χ2n) is 6.73. The van der Waals surface area contributed by atoms with Gasteiger partial charge in [0.05, 0.1) is 6.04 Å². The van der Waals surface area contributed by atoms with Crippen molar-refractivity contribution in [1.29, 1.82) is 0 Å². The van der Waals surface area contributed by atoms with E-state index >= 15 is 0 Å². The SMILES string of the molecule is Cc1noc([C@@H](N[C@@H](C)c2ccc(-n3ccnc3C)cc2)C(C)C)n1. The summed E-state index contributed by atoms with van der Waals surface area (Å²) in [7, 11) is 0. The third kappa shape index (κ3) is 3.79. The lowest BCUT2D eigenvalue weighted by Gasteiger charge is -2.24. The number of hydrogen-bond donors (Lipinski definition) is 1. The fourth-order valence-corrected chi connectivity index (χ4v) is 2.93. The molecular formula is C19H25N5O. The molecular weight excluding hydrogens is 314 g/mol. The Bertz CT molecular complexity index is 818. The Hall–Kier alpha value is -2.47. The van der Waals surface area contributed by atoms with Gasteiger partial charge in [0.1, 0.15) is 5.82 Å². The normalized spacial score (nSPS) is 14.0. The van der Waals surface area contributed by atoms with E-state index in [-0.39, 0.29) is 12.1 Å². The molecule has 6 heteroatoms. The first-order valence-corrected chi connectivity index (χ1v) is 8.62. The Morgan fingerprint density at radius 1 is 1.08 bits per heavy atom. The molecule has 6 nitrogen and oxygen atoms in total. The molecule has 1 N–H and O–H groups in total. The lowest BCUT2D eigenvalue weighted by Crippen LogP contribution is -2.28. The Balaban J connectivity index is 1.76. The van der Waals surface area contributed by atoms with Crippen LogP contribution >= 0.6 is 0 Å². The fourth-order valence-electron chi connectivity index (χ4n) is 2.93. The van der Waals surface area contributed by atoms with Crippen molar-refractivity contribution in [2.75, 3.05) is 0 Å². The van der Waals surface area contributed by atoms with Gasteiger partial charge in [-0.15, -0.1) is 0 Å². The van der Waals surface area contributed by atoms with E-state index in [2.05, 4.69) is 70.0 Å². The highest BCUT2D eigenvalue weighted by Gasteiger charge is 2.24. The number of imidazole rings is 1. The molecule has 2 aromatic heterocycles. The maximum Gasteiger partial charge on any atom is 0.244 e. The van der Waals surface area contributed by atoms with Crippen LogP contribution in [-0.2, 0) is 0 Å². The standard InChI is InChI=1S/C19H25N5O/c1-12(2)18(19-22-14(4)23-25-19)21-13(3)16-6-8-17(9-7-16)24-11-10-20-15(24)5/h6-13,18,21H,1-5H3/t13-,18-/m0/s1. The number of benzene rings is 1. The second kappa shape index (κ2) is 7.19. The largest absolute Gasteiger partial charge is 0.338 e. The van der Waals surface area contributed by atoms with E-state index in [1.165, 1.54) is 5.56 Å². The third-order valence-corrected chi connectivity index (χ3v) is 4.40. The van der Waals surface area contributed by atoms with Crippen LogP contribution in [-0.4, -0.2) is 19.7 Å². The quantitative estimate of drug-likeness (QED) is 0.737. The molecule has 2 atom stereocenters. The molecule has 132 valence electrons. The summed E-state index contributed by atoms with van der Waals surface area (Å²) < 4.78 is 7.44. The average molecular weight is 339 g/mol. The number of nitrogens with one attached hydrogen (secondary N) is 1. The van der Waals surface area contributed by atoms with E-state index < -0.39 is 0 Å². The highest BCUT2D eigenvalue weighted by Crippen LogP contribution is 2.25. The molecule has 3 aromatic rings. The van der Waals surface area contributed by atoms with Crippen LogP contribution < -0.4 is 5.32 Å². The first-order chi connectivity index (χ1) is 12.0. The highest BCUT2D eigenvalue weighted by atomic mass is 16.5. The van der Waals surface area contributed by atoms with E-state index in [1.807, 2.05) is 26.2 Å². The Morgan fingerprint density at radius 2 is 1.80 bits per heavy atom. The molecule has 0 bridgehead atoms. The Morgan fingerprint density at radius 3 is 2.32 bits per heavy atom. The van der Waals surface area contributed by atoms with Gasteiger partial charge in [0, 0.05) is 24.1 Å². The van der Waals surface area contributed by atoms with Crippen molar-refractivity contribution in [2.24, 2.45) is 5.92 Å². The lowest BCUT2D eigenvalue weighted by atomic mass is 10.0. The molecule has 0 saturated heterocycles. The van der Waals surface area contributed by atoms with Gasteiger partial charge in [0.25, 0.3) is 0 Å². The molecule has 25 heavy (non-hydrogen) atoms. The third-order valence-electron chi connectivity index (χ3n) is 4.40. The number of aromatic nitrogens is 4. The molecule has 0 unspecified atom stereocenters. The van der Waals surface area contributed by atoms with Gasteiger partial charge in [-0.2, -0.15) is 4.98 Å². The molecule has 0 saturated carbocycles. The molecule has 3 rings (SSSR count). The van der Waals surface area contributed by atoms with Crippen LogP contribution in [0.25, 0.3) is 5.69 Å². The lowest BCUT2D eigenvalue weighted by molar-refractivity contribution is 0.273. The van der Waals surface area contributed by atoms with Crippen LogP contribution in [0, 0.1) is 19.8 Å². The van der Waals surface area contributed by atoms with Crippen molar-refractivity contribution in [3.63, 3.8) is 0 Å². The van der Waals surface area contributed by atoms with Gasteiger partial charge in [0.15, 0.2) is 5.82 Å². The smallest absolute Gasteiger partial charge is 0.244 e. The van der Waals surface area contributed by atoms with Crippen LogP contribution in [0.5, 0.6) is 0 Å². The summed E-state index contributed by atoms with van der Waals surface area (Å²) >= 11 is 0. The zero-order valence-electron chi connectivity index (χ0n) is 15.4. The van der Waals surface area contributed by atoms with Crippen molar-refractivity contribution in [3.8, 4) is 5.69 Å². The monoisotopic (exact) mass is 339 g/mol. The zero-order chi connectivity index (χ0) is 18.0. The fraction of sp³-hybridized carbons (Fsp3) is 0.421. The molecule has 2 heterocycles. The highest BCUT2D eigenvalue weighted by molar-refractivity contribution is 5.36. The van der Waals surface area contributed by atoms with E-state index in [1.54, 1.807) is 0 Å². The van der Waals surface area contributed by atoms with E-state index in [9.17, 15) is 0 Å². The van der Waals surface area contributed by atoms with Gasteiger partial charge >= 0.3 is 0 Å². The minimum atomic E-state index is 0.0202. The van der Waals surface area contributed by atoms with Crippen LogP contribution in [0.2, 0.25) is 0 Å². The number of aryl methyl sites for hydroxylation is 2. The molecule has 0 spiro atoms. The van der Waals surface area contributed by atoms with Crippen LogP contribution in [0.1, 0.15) is 56.0 Å².